The standard InChI is InChI=1S/C21H26N6S.ClH/c1-15-2-4-17(5-3-15)21-23-18(14-28-21)13-26-9-6-16(7-10-26)20-25-24-19-12-22-8-11-27(19)20;/h2-5,14,16,22H,6-13H2,1H3;1H. The van der Waals surface area contributed by atoms with Gasteiger partial charge in [0.1, 0.15) is 16.7 Å². The fraction of sp³-hybridized carbons (Fsp3) is 0.476. The summed E-state index contributed by atoms with van der Waals surface area (Å²) in [7, 11) is 0. The van der Waals surface area contributed by atoms with Crippen molar-refractivity contribution in [2.24, 2.45) is 0 Å². The number of benzene rings is 1. The molecule has 0 atom stereocenters. The zero-order chi connectivity index (χ0) is 18.9. The van der Waals surface area contributed by atoms with Gasteiger partial charge in [-0.15, -0.1) is 33.9 Å². The summed E-state index contributed by atoms with van der Waals surface area (Å²) in [6.45, 7) is 8.12. The van der Waals surface area contributed by atoms with Gasteiger partial charge in [-0.25, -0.2) is 4.98 Å². The van der Waals surface area contributed by atoms with Crippen LogP contribution in [-0.4, -0.2) is 44.3 Å². The molecule has 1 saturated heterocycles. The van der Waals surface area contributed by atoms with Crippen molar-refractivity contribution in [2.45, 2.75) is 45.3 Å². The minimum Gasteiger partial charge on any atom is -0.312 e. The minimum atomic E-state index is 0. The van der Waals surface area contributed by atoms with Gasteiger partial charge in [0.15, 0.2) is 0 Å². The zero-order valence-corrected chi connectivity index (χ0v) is 18.3. The molecule has 0 spiro atoms. The first-order chi connectivity index (χ1) is 13.8. The molecular weight excluding hydrogens is 404 g/mol. The van der Waals surface area contributed by atoms with Crippen molar-refractivity contribution in [1.82, 2.24) is 30.0 Å². The number of nitrogens with one attached hydrogen (secondary N) is 1. The van der Waals surface area contributed by atoms with Gasteiger partial charge < -0.3 is 9.88 Å². The van der Waals surface area contributed by atoms with Crippen molar-refractivity contribution < 1.29 is 0 Å². The predicted molar refractivity (Wildman–Crippen MR) is 119 cm³/mol. The summed E-state index contributed by atoms with van der Waals surface area (Å²) in [5, 5.41) is 15.6. The first kappa shape index (κ1) is 20.5. The molecular formula is C21H27ClN6S. The summed E-state index contributed by atoms with van der Waals surface area (Å²) in [6.07, 6.45) is 2.31. The highest BCUT2D eigenvalue weighted by atomic mass is 35.5. The van der Waals surface area contributed by atoms with E-state index in [1.165, 1.54) is 22.6 Å². The van der Waals surface area contributed by atoms with Crippen LogP contribution in [0.1, 0.15) is 41.7 Å². The number of aromatic nitrogens is 4. The van der Waals surface area contributed by atoms with Crippen LogP contribution in [0, 0.1) is 6.92 Å². The summed E-state index contributed by atoms with van der Waals surface area (Å²) in [5.74, 6) is 2.83. The van der Waals surface area contributed by atoms with Crippen LogP contribution in [0.4, 0.5) is 0 Å². The van der Waals surface area contributed by atoms with Crippen molar-refractivity contribution in [1.29, 1.82) is 0 Å². The number of likely N-dealkylation sites (tertiary alicyclic amines) is 1. The van der Waals surface area contributed by atoms with Gasteiger partial charge in [0.05, 0.1) is 12.2 Å². The van der Waals surface area contributed by atoms with Gasteiger partial charge >= 0.3 is 0 Å². The molecule has 29 heavy (non-hydrogen) atoms. The van der Waals surface area contributed by atoms with Crippen LogP contribution >= 0.6 is 23.7 Å². The van der Waals surface area contributed by atoms with Gasteiger partial charge in [0, 0.05) is 36.5 Å². The Hall–Kier alpha value is -1.80. The maximum Gasteiger partial charge on any atom is 0.147 e. The lowest BCUT2D eigenvalue weighted by Crippen LogP contribution is -2.34. The average molecular weight is 431 g/mol. The van der Waals surface area contributed by atoms with Crippen LogP contribution in [0.5, 0.6) is 0 Å². The molecule has 0 aliphatic carbocycles. The van der Waals surface area contributed by atoms with E-state index in [1.807, 2.05) is 0 Å². The number of fused-ring (bicyclic) bond motifs is 1. The molecule has 1 fully saturated rings. The Morgan fingerprint density at radius 1 is 1.10 bits per heavy atom. The third-order valence-electron chi connectivity index (χ3n) is 5.84. The molecule has 3 aromatic rings. The molecule has 2 aliphatic heterocycles. The Labute approximate surface area is 181 Å². The molecule has 2 aliphatic rings. The SMILES string of the molecule is Cc1ccc(-c2nc(CN3CCC(c4nnc5n4CCNC5)CC3)cs2)cc1.Cl. The van der Waals surface area contributed by atoms with E-state index < -0.39 is 0 Å². The number of hydrogen-bond donors (Lipinski definition) is 1. The van der Waals surface area contributed by atoms with Gasteiger partial charge in [0.25, 0.3) is 0 Å². The lowest BCUT2D eigenvalue weighted by atomic mass is 9.95. The van der Waals surface area contributed by atoms with Crippen molar-refractivity contribution in [2.75, 3.05) is 19.6 Å². The van der Waals surface area contributed by atoms with Gasteiger partial charge in [-0.2, -0.15) is 0 Å². The second-order valence-corrected chi connectivity index (χ2v) is 8.72. The summed E-state index contributed by atoms with van der Waals surface area (Å²) in [5.41, 5.74) is 3.69. The third kappa shape index (κ3) is 4.38. The molecule has 0 amide bonds. The molecule has 0 bridgehead atoms. The van der Waals surface area contributed by atoms with Gasteiger partial charge in [-0.1, -0.05) is 29.8 Å². The molecule has 1 aromatic carbocycles. The average Bonchev–Trinajstić information content (AvgIpc) is 3.36. The van der Waals surface area contributed by atoms with Crippen molar-refractivity contribution in [3.63, 3.8) is 0 Å². The Balaban J connectivity index is 0.00000205. The highest BCUT2D eigenvalue weighted by molar-refractivity contribution is 7.13. The van der Waals surface area contributed by atoms with Gasteiger partial charge in [0.2, 0.25) is 0 Å². The molecule has 6 nitrogen and oxygen atoms in total. The Morgan fingerprint density at radius 3 is 2.69 bits per heavy atom. The van der Waals surface area contributed by atoms with E-state index >= 15 is 0 Å². The predicted octanol–water partition coefficient (Wildman–Crippen LogP) is 3.61. The topological polar surface area (TPSA) is 58.9 Å². The number of aryl methyl sites for hydroxylation is 1. The van der Waals surface area contributed by atoms with Crippen LogP contribution in [0.15, 0.2) is 29.6 Å². The first-order valence-electron chi connectivity index (χ1n) is 10.1. The third-order valence-corrected chi connectivity index (χ3v) is 6.78. The maximum atomic E-state index is 4.87. The highest BCUT2D eigenvalue weighted by Crippen LogP contribution is 2.29. The lowest BCUT2D eigenvalue weighted by Gasteiger charge is -2.31. The molecule has 0 saturated carbocycles. The smallest absolute Gasteiger partial charge is 0.147 e. The molecule has 4 heterocycles. The molecule has 0 unspecified atom stereocenters. The van der Waals surface area contributed by atoms with Crippen molar-refractivity contribution in [3.05, 3.63) is 52.6 Å². The van der Waals surface area contributed by atoms with E-state index in [2.05, 4.69) is 61.6 Å². The molecule has 2 aromatic heterocycles. The van der Waals surface area contributed by atoms with Gasteiger partial charge in [-0.05, 0) is 32.9 Å². The number of hydrogen-bond acceptors (Lipinski definition) is 6. The first-order valence-corrected chi connectivity index (χ1v) is 11.0. The van der Waals surface area contributed by atoms with Crippen molar-refractivity contribution >= 4 is 23.7 Å². The van der Waals surface area contributed by atoms with E-state index in [1.54, 1.807) is 11.3 Å². The van der Waals surface area contributed by atoms with Gasteiger partial charge in [-0.3, -0.25) is 4.90 Å². The maximum absolute atomic E-state index is 4.87. The lowest BCUT2D eigenvalue weighted by molar-refractivity contribution is 0.198. The van der Waals surface area contributed by atoms with E-state index in [4.69, 9.17) is 4.98 Å². The molecule has 0 radical (unpaired) electrons. The monoisotopic (exact) mass is 430 g/mol. The minimum absolute atomic E-state index is 0. The highest BCUT2D eigenvalue weighted by Gasteiger charge is 2.27. The number of piperidine rings is 1. The summed E-state index contributed by atoms with van der Waals surface area (Å²) in [4.78, 5) is 7.40. The molecule has 5 rings (SSSR count). The number of halogens is 1. The van der Waals surface area contributed by atoms with E-state index in [-0.39, 0.29) is 12.4 Å². The van der Waals surface area contributed by atoms with E-state index in [0.717, 1.165) is 62.9 Å². The fourth-order valence-corrected chi connectivity index (χ4v) is 5.02. The Bertz CT molecular complexity index is 942. The fourth-order valence-electron chi connectivity index (χ4n) is 4.20. The number of nitrogens with zero attached hydrogens (tertiary/aromatic N) is 5. The van der Waals surface area contributed by atoms with E-state index in [0.29, 0.717) is 5.92 Å². The Morgan fingerprint density at radius 2 is 1.90 bits per heavy atom. The van der Waals surface area contributed by atoms with Crippen molar-refractivity contribution in [3.8, 4) is 10.6 Å². The quantitative estimate of drug-likeness (QED) is 0.685. The summed E-state index contributed by atoms with van der Waals surface area (Å²) >= 11 is 1.75. The molecule has 154 valence electrons. The normalized spacial score (nSPS) is 17.7. The largest absolute Gasteiger partial charge is 0.312 e. The van der Waals surface area contributed by atoms with E-state index in [9.17, 15) is 0 Å². The number of thiazole rings is 1. The molecule has 1 N–H and O–H groups in total. The van der Waals surface area contributed by atoms with Crippen LogP contribution in [-0.2, 0) is 19.6 Å². The van der Waals surface area contributed by atoms with Crippen LogP contribution in [0.3, 0.4) is 0 Å². The zero-order valence-electron chi connectivity index (χ0n) is 16.7. The van der Waals surface area contributed by atoms with Crippen LogP contribution < -0.4 is 5.32 Å². The number of rotatable bonds is 4. The second-order valence-electron chi connectivity index (χ2n) is 7.86. The summed E-state index contributed by atoms with van der Waals surface area (Å²) < 4.78 is 2.34. The second kappa shape index (κ2) is 8.92. The summed E-state index contributed by atoms with van der Waals surface area (Å²) in [6, 6.07) is 8.64. The Kier molecular flexibility index (Phi) is 6.29. The molecule has 8 heteroatoms. The van der Waals surface area contributed by atoms with Crippen LogP contribution in [0.2, 0.25) is 0 Å². The van der Waals surface area contributed by atoms with Crippen LogP contribution in [0.25, 0.3) is 10.6 Å².